The van der Waals surface area contributed by atoms with E-state index in [9.17, 15) is 9.59 Å². The molecule has 0 N–H and O–H groups in total. The molecule has 3 nitrogen and oxygen atoms in total. The molecule has 0 heterocycles. The van der Waals surface area contributed by atoms with Crippen molar-refractivity contribution in [2.24, 2.45) is 0 Å². The van der Waals surface area contributed by atoms with Crippen LogP contribution in [0.4, 0.5) is 0 Å². The highest BCUT2D eigenvalue weighted by molar-refractivity contribution is 6.33. The summed E-state index contributed by atoms with van der Waals surface area (Å²) in [5.74, 6) is -1.24. The Kier molecular flexibility index (Phi) is 5.07. The average Bonchev–Trinajstić information content (AvgIpc) is 2.00. The first-order chi connectivity index (χ1) is 5.22. The fraction of sp³-hybridized carbons (Fsp3) is 0.500. The van der Waals surface area contributed by atoms with Crippen LogP contribution < -0.4 is 0 Å². The standard InChI is InChI=1S/C8H12O3/c1-3-5-6-7(9)8(10)11-4-2/h3,5H,4,6H2,1-2H3. The number of hydrogen-bond acceptors (Lipinski definition) is 3. The Morgan fingerprint density at radius 3 is 2.55 bits per heavy atom. The van der Waals surface area contributed by atoms with E-state index in [4.69, 9.17) is 0 Å². The molecule has 0 aromatic carbocycles. The Bertz CT molecular complexity index is 170. The van der Waals surface area contributed by atoms with Crippen LogP contribution in [0.25, 0.3) is 0 Å². The van der Waals surface area contributed by atoms with E-state index < -0.39 is 11.8 Å². The molecule has 0 rings (SSSR count). The fourth-order valence-corrected chi connectivity index (χ4v) is 0.520. The van der Waals surface area contributed by atoms with Crippen molar-refractivity contribution in [2.75, 3.05) is 6.61 Å². The maximum atomic E-state index is 10.8. The zero-order chi connectivity index (χ0) is 8.69. The summed E-state index contributed by atoms with van der Waals surface area (Å²) in [6.07, 6.45) is 3.48. The third kappa shape index (κ3) is 4.31. The molecule has 0 amide bonds. The van der Waals surface area contributed by atoms with Crippen LogP contribution in [0, 0.1) is 0 Å². The quantitative estimate of drug-likeness (QED) is 0.347. The van der Waals surface area contributed by atoms with Gasteiger partial charge in [0.1, 0.15) is 0 Å². The smallest absolute Gasteiger partial charge is 0.374 e. The number of rotatable bonds is 4. The molecule has 0 aromatic rings. The number of Topliss-reactive ketones (excluding diaryl/α,β-unsaturated/α-hetero) is 1. The lowest BCUT2D eigenvalue weighted by Gasteiger charge is -1.96. The first-order valence-corrected chi connectivity index (χ1v) is 3.53. The van der Waals surface area contributed by atoms with Gasteiger partial charge in [-0.1, -0.05) is 12.2 Å². The Balaban J connectivity index is 3.74. The normalized spacial score (nSPS) is 10.0. The van der Waals surface area contributed by atoms with Crippen molar-refractivity contribution in [1.82, 2.24) is 0 Å². The second-order valence-corrected chi connectivity index (χ2v) is 1.92. The van der Waals surface area contributed by atoms with Crippen LogP contribution in [0.3, 0.4) is 0 Å². The van der Waals surface area contributed by atoms with Gasteiger partial charge in [-0.15, -0.1) is 0 Å². The topological polar surface area (TPSA) is 43.4 Å². The predicted octanol–water partition coefficient (Wildman–Crippen LogP) is 1.08. The van der Waals surface area contributed by atoms with E-state index in [-0.39, 0.29) is 13.0 Å². The van der Waals surface area contributed by atoms with Gasteiger partial charge in [-0.05, 0) is 13.8 Å². The number of ketones is 1. The molecule has 0 spiro atoms. The van der Waals surface area contributed by atoms with Gasteiger partial charge in [0.25, 0.3) is 0 Å². The zero-order valence-electron chi connectivity index (χ0n) is 6.79. The number of carbonyl (C=O) groups excluding carboxylic acids is 2. The van der Waals surface area contributed by atoms with Gasteiger partial charge in [0, 0.05) is 6.42 Å². The lowest BCUT2D eigenvalue weighted by atomic mass is 10.3. The molecule has 0 aliphatic heterocycles. The summed E-state index contributed by atoms with van der Waals surface area (Å²) in [6, 6.07) is 0. The van der Waals surface area contributed by atoms with E-state index in [1.165, 1.54) is 0 Å². The maximum absolute atomic E-state index is 10.8. The fourth-order valence-electron chi connectivity index (χ4n) is 0.520. The second kappa shape index (κ2) is 5.65. The molecule has 0 unspecified atom stereocenters. The first-order valence-electron chi connectivity index (χ1n) is 3.53. The molecule has 0 saturated heterocycles. The number of allylic oxidation sites excluding steroid dienone is 2. The van der Waals surface area contributed by atoms with Gasteiger partial charge in [0.05, 0.1) is 6.61 Å². The first kappa shape index (κ1) is 9.88. The number of carbonyl (C=O) groups is 2. The third-order valence-corrected chi connectivity index (χ3v) is 1.04. The molecule has 0 aliphatic rings. The summed E-state index contributed by atoms with van der Waals surface area (Å²) >= 11 is 0. The van der Waals surface area contributed by atoms with Gasteiger partial charge in [0.2, 0.25) is 5.78 Å². The van der Waals surface area contributed by atoms with Crippen molar-refractivity contribution in [2.45, 2.75) is 20.3 Å². The summed E-state index contributed by atoms with van der Waals surface area (Å²) < 4.78 is 4.48. The van der Waals surface area contributed by atoms with Crippen LogP contribution in [0.1, 0.15) is 20.3 Å². The molecule has 0 fully saturated rings. The number of esters is 1. The van der Waals surface area contributed by atoms with Crippen molar-refractivity contribution in [1.29, 1.82) is 0 Å². The van der Waals surface area contributed by atoms with Gasteiger partial charge >= 0.3 is 5.97 Å². The molecule has 3 heteroatoms. The Morgan fingerprint density at radius 2 is 2.09 bits per heavy atom. The molecule has 0 aliphatic carbocycles. The van der Waals surface area contributed by atoms with Gasteiger partial charge in [-0.25, -0.2) is 4.79 Å². The van der Waals surface area contributed by atoms with Crippen molar-refractivity contribution >= 4 is 11.8 Å². The Labute approximate surface area is 66.0 Å². The van der Waals surface area contributed by atoms with Crippen LogP contribution in [0.2, 0.25) is 0 Å². The van der Waals surface area contributed by atoms with E-state index in [0.717, 1.165) is 0 Å². The molecular formula is C8H12O3. The van der Waals surface area contributed by atoms with Crippen LogP contribution in [0.15, 0.2) is 12.2 Å². The Hall–Kier alpha value is -1.12. The van der Waals surface area contributed by atoms with Gasteiger partial charge in [0.15, 0.2) is 0 Å². The van der Waals surface area contributed by atoms with Crippen molar-refractivity contribution in [3.8, 4) is 0 Å². The SMILES string of the molecule is CC=CCC(=O)C(=O)OCC. The average molecular weight is 156 g/mol. The van der Waals surface area contributed by atoms with Crippen molar-refractivity contribution in [3.05, 3.63) is 12.2 Å². The minimum Gasteiger partial charge on any atom is -0.460 e. The van der Waals surface area contributed by atoms with Crippen LogP contribution >= 0.6 is 0 Å². The highest BCUT2D eigenvalue weighted by Crippen LogP contribution is 1.89. The van der Waals surface area contributed by atoms with E-state index in [1.54, 1.807) is 26.0 Å². The summed E-state index contributed by atoms with van der Waals surface area (Å²) in [4.78, 5) is 21.4. The van der Waals surface area contributed by atoms with Crippen molar-refractivity contribution < 1.29 is 14.3 Å². The molecule has 0 saturated carbocycles. The lowest BCUT2D eigenvalue weighted by Crippen LogP contribution is -2.16. The van der Waals surface area contributed by atoms with E-state index in [2.05, 4.69) is 4.74 Å². The molecular weight excluding hydrogens is 144 g/mol. The molecule has 0 atom stereocenters. The number of ether oxygens (including phenoxy) is 1. The van der Waals surface area contributed by atoms with E-state index >= 15 is 0 Å². The highest BCUT2D eigenvalue weighted by atomic mass is 16.5. The summed E-state index contributed by atoms with van der Waals surface area (Å²) in [6.45, 7) is 3.71. The highest BCUT2D eigenvalue weighted by Gasteiger charge is 2.11. The second-order valence-electron chi connectivity index (χ2n) is 1.92. The van der Waals surface area contributed by atoms with E-state index in [0.29, 0.717) is 0 Å². The summed E-state index contributed by atoms with van der Waals surface area (Å²) in [5.41, 5.74) is 0. The molecule has 0 bridgehead atoms. The van der Waals surface area contributed by atoms with Gasteiger partial charge in [-0.2, -0.15) is 0 Å². The predicted molar refractivity (Wildman–Crippen MR) is 41.1 cm³/mol. The summed E-state index contributed by atoms with van der Waals surface area (Å²) in [5, 5.41) is 0. The minimum absolute atomic E-state index is 0.134. The van der Waals surface area contributed by atoms with Crippen LogP contribution in [-0.2, 0) is 14.3 Å². The van der Waals surface area contributed by atoms with Gasteiger partial charge in [-0.3, -0.25) is 4.79 Å². The van der Waals surface area contributed by atoms with Gasteiger partial charge < -0.3 is 4.74 Å². The maximum Gasteiger partial charge on any atom is 0.374 e. The van der Waals surface area contributed by atoms with Crippen molar-refractivity contribution in [3.63, 3.8) is 0 Å². The monoisotopic (exact) mass is 156 g/mol. The number of hydrogen-bond donors (Lipinski definition) is 0. The third-order valence-electron chi connectivity index (χ3n) is 1.04. The van der Waals surface area contributed by atoms with Crippen LogP contribution in [0.5, 0.6) is 0 Å². The lowest BCUT2D eigenvalue weighted by molar-refractivity contribution is -0.153. The molecule has 0 radical (unpaired) electrons. The zero-order valence-corrected chi connectivity index (χ0v) is 6.79. The summed E-state index contributed by atoms with van der Waals surface area (Å²) in [7, 11) is 0. The Morgan fingerprint density at radius 1 is 1.45 bits per heavy atom. The minimum atomic E-state index is -0.745. The molecule has 11 heavy (non-hydrogen) atoms. The van der Waals surface area contributed by atoms with Crippen LogP contribution in [-0.4, -0.2) is 18.4 Å². The largest absolute Gasteiger partial charge is 0.460 e. The molecule has 0 aromatic heterocycles. The van der Waals surface area contributed by atoms with E-state index in [1.807, 2.05) is 0 Å². The molecule has 62 valence electrons.